The Morgan fingerprint density at radius 1 is 1.41 bits per heavy atom. The summed E-state index contributed by atoms with van der Waals surface area (Å²) in [7, 11) is 1.63. The van der Waals surface area contributed by atoms with Crippen molar-refractivity contribution in [1.29, 1.82) is 0 Å². The topological polar surface area (TPSA) is 62.9 Å². The van der Waals surface area contributed by atoms with Crippen LogP contribution in [0.15, 0.2) is 54.6 Å². The van der Waals surface area contributed by atoms with E-state index in [1.54, 1.807) is 19.6 Å². The molecule has 0 saturated carbocycles. The third kappa shape index (κ3) is 2.64. The maximum absolute atomic E-state index is 9.32. The number of imidazole rings is 1. The summed E-state index contributed by atoms with van der Waals surface area (Å²) in [6, 6.07) is 5.78. The fourth-order valence-electron chi connectivity index (χ4n) is 2.25. The summed E-state index contributed by atoms with van der Waals surface area (Å²) in [5, 5.41) is 10.3. The fourth-order valence-corrected chi connectivity index (χ4v) is 2.25. The monoisotopic (exact) mass is 296 g/mol. The zero-order valence-electron chi connectivity index (χ0n) is 12.2. The number of aliphatic imine (C=N–C) groups is 1. The zero-order valence-corrected chi connectivity index (χ0v) is 12.2. The molecule has 0 bridgehead atoms. The molecule has 3 rings (SSSR count). The molecule has 1 N–H and O–H groups in total. The second-order valence-electron chi connectivity index (χ2n) is 4.79. The van der Waals surface area contributed by atoms with Gasteiger partial charge in [-0.25, -0.2) is 15.0 Å². The van der Waals surface area contributed by atoms with Crippen LogP contribution in [0.5, 0.6) is 5.75 Å². The quantitative estimate of drug-likeness (QED) is 0.941. The smallest absolute Gasteiger partial charge is 0.128 e. The lowest BCUT2D eigenvalue weighted by molar-refractivity contribution is 0.00269. The molecular formula is C16H16N4O2. The van der Waals surface area contributed by atoms with Crippen molar-refractivity contribution in [2.45, 2.75) is 0 Å². The molecule has 112 valence electrons. The first-order chi connectivity index (χ1) is 10.7. The number of nitrogens with zero attached hydrogens (tertiary/aromatic N) is 4. The highest BCUT2D eigenvalue weighted by molar-refractivity contribution is 5.79. The standard InChI is InChI=1S/C16H16N4O2/c1-12(19-8-6-17-10-19)14-9-13(3-4-16(14)22-2)15-5-7-20(21)11-18-15/h3-6,8-11,21H,1,7H2,2H3. The van der Waals surface area contributed by atoms with Gasteiger partial charge in [0.25, 0.3) is 0 Å². The van der Waals surface area contributed by atoms with Gasteiger partial charge in [-0.1, -0.05) is 6.58 Å². The maximum atomic E-state index is 9.32. The lowest BCUT2D eigenvalue weighted by Crippen LogP contribution is -2.19. The molecule has 2 heterocycles. The van der Waals surface area contributed by atoms with Crippen LogP contribution in [-0.2, 0) is 0 Å². The Kier molecular flexibility index (Phi) is 3.76. The number of aromatic nitrogens is 2. The van der Waals surface area contributed by atoms with Crippen molar-refractivity contribution in [3.8, 4) is 5.75 Å². The molecule has 0 amide bonds. The van der Waals surface area contributed by atoms with Crippen LogP contribution in [-0.4, -0.2) is 39.8 Å². The van der Waals surface area contributed by atoms with E-state index in [4.69, 9.17) is 4.74 Å². The molecule has 1 aromatic carbocycles. The van der Waals surface area contributed by atoms with E-state index in [0.29, 0.717) is 6.54 Å². The number of ether oxygens (including phenoxy) is 1. The third-order valence-electron chi connectivity index (χ3n) is 3.42. The lowest BCUT2D eigenvalue weighted by atomic mass is 10.0. The van der Waals surface area contributed by atoms with Crippen molar-refractivity contribution in [3.05, 3.63) is 60.7 Å². The van der Waals surface area contributed by atoms with Gasteiger partial charge < -0.3 is 9.30 Å². The van der Waals surface area contributed by atoms with Gasteiger partial charge in [0.15, 0.2) is 0 Å². The van der Waals surface area contributed by atoms with E-state index >= 15 is 0 Å². The van der Waals surface area contributed by atoms with E-state index in [0.717, 1.165) is 33.3 Å². The molecule has 0 unspecified atom stereocenters. The molecule has 0 radical (unpaired) electrons. The van der Waals surface area contributed by atoms with Gasteiger partial charge >= 0.3 is 0 Å². The summed E-state index contributed by atoms with van der Waals surface area (Å²) in [5.74, 6) is 0.728. The SMILES string of the molecule is C=C(c1cc(C2=CCN(O)C=N2)ccc1OC)n1ccnc1. The summed E-state index contributed by atoms with van der Waals surface area (Å²) >= 11 is 0. The van der Waals surface area contributed by atoms with E-state index < -0.39 is 0 Å². The third-order valence-corrected chi connectivity index (χ3v) is 3.42. The van der Waals surface area contributed by atoms with Crippen LogP contribution in [0, 0.1) is 0 Å². The molecule has 6 heteroatoms. The van der Waals surface area contributed by atoms with Crippen LogP contribution in [0.25, 0.3) is 11.4 Å². The molecule has 0 saturated heterocycles. The molecule has 0 atom stereocenters. The minimum Gasteiger partial charge on any atom is -0.496 e. The summed E-state index contributed by atoms with van der Waals surface area (Å²) < 4.78 is 7.25. The molecule has 1 aliphatic heterocycles. The van der Waals surface area contributed by atoms with Crippen molar-refractivity contribution in [2.75, 3.05) is 13.7 Å². The van der Waals surface area contributed by atoms with Crippen molar-refractivity contribution >= 4 is 17.7 Å². The van der Waals surface area contributed by atoms with Crippen molar-refractivity contribution < 1.29 is 9.94 Å². The number of hydroxylamine groups is 2. The molecule has 0 fully saturated rings. The van der Waals surface area contributed by atoms with Crippen molar-refractivity contribution in [3.63, 3.8) is 0 Å². The highest BCUT2D eigenvalue weighted by atomic mass is 16.5. The number of hydrogen-bond acceptors (Lipinski definition) is 5. The summed E-state index contributed by atoms with van der Waals surface area (Å²) in [4.78, 5) is 8.26. The van der Waals surface area contributed by atoms with E-state index in [1.165, 1.54) is 6.34 Å². The first kappa shape index (κ1) is 14.1. The van der Waals surface area contributed by atoms with Gasteiger partial charge in [-0.2, -0.15) is 0 Å². The van der Waals surface area contributed by atoms with E-state index in [9.17, 15) is 5.21 Å². The first-order valence-electron chi connectivity index (χ1n) is 6.75. The predicted octanol–water partition coefficient (Wildman–Crippen LogP) is 2.48. The largest absolute Gasteiger partial charge is 0.496 e. The number of rotatable bonds is 4. The molecular weight excluding hydrogens is 280 g/mol. The summed E-state index contributed by atoms with van der Waals surface area (Å²) in [6.07, 6.45) is 8.47. The predicted molar refractivity (Wildman–Crippen MR) is 84.6 cm³/mol. The molecule has 0 aliphatic carbocycles. The Morgan fingerprint density at radius 3 is 2.91 bits per heavy atom. The Hall–Kier alpha value is -2.86. The molecule has 1 aliphatic rings. The van der Waals surface area contributed by atoms with Crippen LogP contribution in [0.1, 0.15) is 11.1 Å². The summed E-state index contributed by atoms with van der Waals surface area (Å²) in [5.41, 5.74) is 3.36. The van der Waals surface area contributed by atoms with Gasteiger partial charge in [0.2, 0.25) is 0 Å². The van der Waals surface area contributed by atoms with Crippen LogP contribution in [0.3, 0.4) is 0 Å². The van der Waals surface area contributed by atoms with Crippen LogP contribution in [0.4, 0.5) is 0 Å². The fraction of sp³-hybridized carbons (Fsp3) is 0.125. The van der Waals surface area contributed by atoms with Gasteiger partial charge in [-0.15, -0.1) is 0 Å². The van der Waals surface area contributed by atoms with Crippen molar-refractivity contribution in [1.82, 2.24) is 14.6 Å². The van der Waals surface area contributed by atoms with Gasteiger partial charge in [-0.05, 0) is 24.3 Å². The zero-order chi connectivity index (χ0) is 15.5. The van der Waals surface area contributed by atoms with Gasteiger partial charge in [0.1, 0.15) is 12.1 Å². The second-order valence-corrected chi connectivity index (χ2v) is 4.79. The molecule has 2 aromatic rings. The van der Waals surface area contributed by atoms with Crippen molar-refractivity contribution in [2.24, 2.45) is 4.99 Å². The lowest BCUT2D eigenvalue weighted by Gasteiger charge is -2.17. The maximum Gasteiger partial charge on any atom is 0.128 e. The van der Waals surface area contributed by atoms with Crippen LogP contribution in [0.2, 0.25) is 0 Å². The minimum atomic E-state index is 0.405. The van der Waals surface area contributed by atoms with Crippen LogP contribution >= 0.6 is 0 Å². The molecule has 6 nitrogen and oxygen atoms in total. The Balaban J connectivity index is 2.00. The van der Waals surface area contributed by atoms with E-state index in [2.05, 4.69) is 16.6 Å². The highest BCUT2D eigenvalue weighted by Crippen LogP contribution is 2.30. The number of benzene rings is 1. The van der Waals surface area contributed by atoms with Gasteiger partial charge in [0, 0.05) is 23.5 Å². The Labute approximate surface area is 128 Å². The summed E-state index contributed by atoms with van der Waals surface area (Å²) in [6.45, 7) is 4.52. The number of hydrogen-bond donors (Lipinski definition) is 1. The van der Waals surface area contributed by atoms with Gasteiger partial charge in [-0.3, -0.25) is 5.21 Å². The van der Waals surface area contributed by atoms with E-state index in [1.807, 2.05) is 35.0 Å². The first-order valence-corrected chi connectivity index (χ1v) is 6.75. The molecule has 1 aromatic heterocycles. The van der Waals surface area contributed by atoms with Crippen LogP contribution < -0.4 is 4.74 Å². The molecule has 22 heavy (non-hydrogen) atoms. The second kappa shape index (κ2) is 5.87. The normalized spacial score (nSPS) is 13.9. The number of methoxy groups -OCH3 is 1. The highest BCUT2D eigenvalue weighted by Gasteiger charge is 2.13. The Bertz CT molecular complexity index is 748. The van der Waals surface area contributed by atoms with Gasteiger partial charge in [0.05, 0.1) is 31.4 Å². The average molecular weight is 296 g/mol. The Morgan fingerprint density at radius 2 is 2.27 bits per heavy atom. The average Bonchev–Trinajstić information content (AvgIpc) is 3.09. The van der Waals surface area contributed by atoms with E-state index in [-0.39, 0.29) is 0 Å². The molecule has 0 spiro atoms. The minimum absolute atomic E-state index is 0.405.